The molecule has 0 saturated carbocycles. The second kappa shape index (κ2) is 7.27. The van der Waals surface area contributed by atoms with Crippen LogP contribution in [0.4, 0.5) is 0 Å². The van der Waals surface area contributed by atoms with Gasteiger partial charge < -0.3 is 9.55 Å². The summed E-state index contributed by atoms with van der Waals surface area (Å²) in [4.78, 5) is 16.4. The molecule has 1 aliphatic heterocycles. The summed E-state index contributed by atoms with van der Waals surface area (Å²) in [5, 5.41) is 2.48. The van der Waals surface area contributed by atoms with Gasteiger partial charge in [0.15, 0.2) is 0 Å². The average Bonchev–Trinajstić information content (AvgIpc) is 3.52. The lowest BCUT2D eigenvalue weighted by Crippen LogP contribution is -2.37. The molecule has 1 aliphatic rings. The fraction of sp³-hybridized carbons (Fsp3) is 0.185. The second-order valence-corrected chi connectivity index (χ2v) is 9.89. The highest BCUT2D eigenvalue weighted by Crippen LogP contribution is 2.40. The molecule has 3 aromatic carbocycles. The summed E-state index contributed by atoms with van der Waals surface area (Å²) in [6, 6.07) is 25.5. The van der Waals surface area contributed by atoms with Crippen molar-refractivity contribution in [2.24, 2.45) is 7.05 Å². The Morgan fingerprint density at radius 1 is 0.939 bits per heavy atom. The molecule has 0 spiro atoms. The Morgan fingerprint density at radius 3 is 2.61 bits per heavy atom. The molecule has 0 bridgehead atoms. The van der Waals surface area contributed by atoms with E-state index in [1.807, 2.05) is 0 Å². The lowest BCUT2D eigenvalue weighted by molar-refractivity contribution is 0.192. The van der Waals surface area contributed by atoms with Gasteiger partial charge in [0.05, 0.1) is 27.8 Å². The van der Waals surface area contributed by atoms with Gasteiger partial charge in [-0.3, -0.25) is 4.90 Å². The molecule has 5 nitrogen and oxygen atoms in total. The van der Waals surface area contributed by atoms with E-state index in [1.165, 1.54) is 26.9 Å². The summed E-state index contributed by atoms with van der Waals surface area (Å²) < 4.78 is 3.50. The number of thiazole rings is 1. The van der Waals surface area contributed by atoms with Crippen molar-refractivity contribution in [3.05, 3.63) is 94.9 Å². The van der Waals surface area contributed by atoms with Crippen molar-refractivity contribution < 1.29 is 0 Å². The molecule has 4 heterocycles. The number of fused-ring (bicyclic) bond motifs is 5. The third-order valence-corrected chi connectivity index (χ3v) is 7.90. The summed E-state index contributed by atoms with van der Waals surface area (Å²) in [5.41, 5.74) is 7.17. The molecule has 1 unspecified atom stereocenters. The Kier molecular flexibility index (Phi) is 4.19. The molecule has 0 saturated heterocycles. The van der Waals surface area contributed by atoms with Crippen molar-refractivity contribution in [1.29, 1.82) is 0 Å². The quantitative estimate of drug-likeness (QED) is 0.371. The number of hydrogen-bond donors (Lipinski definition) is 1. The first kappa shape index (κ1) is 19.0. The van der Waals surface area contributed by atoms with Gasteiger partial charge in [-0.25, -0.2) is 9.97 Å². The van der Waals surface area contributed by atoms with Crippen LogP contribution in [0.3, 0.4) is 0 Å². The summed E-state index contributed by atoms with van der Waals surface area (Å²) in [6.45, 7) is 1.78. The van der Waals surface area contributed by atoms with Gasteiger partial charge in [0.25, 0.3) is 0 Å². The molecule has 6 heteroatoms. The third-order valence-electron chi connectivity index (χ3n) is 6.88. The summed E-state index contributed by atoms with van der Waals surface area (Å²) in [5.74, 6) is 1.07. The topological polar surface area (TPSA) is 49.7 Å². The molecular weight excluding hydrogens is 426 g/mol. The van der Waals surface area contributed by atoms with E-state index in [9.17, 15) is 0 Å². The van der Waals surface area contributed by atoms with Gasteiger partial charge in [-0.1, -0.05) is 42.5 Å². The highest BCUT2D eigenvalue weighted by molar-refractivity contribution is 7.18. The Morgan fingerprint density at radius 2 is 1.73 bits per heavy atom. The molecule has 0 aliphatic carbocycles. The van der Waals surface area contributed by atoms with Crippen molar-refractivity contribution in [1.82, 2.24) is 24.4 Å². The van der Waals surface area contributed by atoms with E-state index in [1.54, 1.807) is 11.3 Å². The first-order valence-corrected chi connectivity index (χ1v) is 12.2. The van der Waals surface area contributed by atoms with Crippen molar-refractivity contribution in [2.45, 2.75) is 19.0 Å². The Labute approximate surface area is 195 Å². The summed E-state index contributed by atoms with van der Waals surface area (Å²) >= 11 is 1.79. The van der Waals surface area contributed by atoms with Crippen LogP contribution >= 0.6 is 11.3 Å². The van der Waals surface area contributed by atoms with Crippen molar-refractivity contribution >= 4 is 43.5 Å². The third kappa shape index (κ3) is 2.95. The number of benzene rings is 3. The van der Waals surface area contributed by atoms with Gasteiger partial charge in [0, 0.05) is 30.2 Å². The number of imidazole rings is 1. The zero-order valence-electron chi connectivity index (χ0n) is 18.3. The maximum atomic E-state index is 5.12. The van der Waals surface area contributed by atoms with E-state index < -0.39 is 0 Å². The molecule has 6 aromatic rings. The number of para-hydroxylation sites is 4. The zero-order chi connectivity index (χ0) is 21.9. The average molecular weight is 450 g/mol. The zero-order valence-corrected chi connectivity index (χ0v) is 19.1. The van der Waals surface area contributed by atoms with E-state index >= 15 is 0 Å². The Bertz CT molecular complexity index is 1610. The number of H-pyrrole nitrogens is 1. The lowest BCUT2D eigenvalue weighted by Gasteiger charge is -2.34. The van der Waals surface area contributed by atoms with Crippen LogP contribution < -0.4 is 0 Å². The normalized spacial score (nSPS) is 16.7. The SMILES string of the molecule is Cn1c(C2c3[nH]c4ccccc4c3CCN2Cc2nc3ccccc3s2)nc2ccccc21. The highest BCUT2D eigenvalue weighted by atomic mass is 32.1. The number of nitrogens with one attached hydrogen (secondary N) is 1. The number of rotatable bonds is 3. The molecule has 162 valence electrons. The van der Waals surface area contributed by atoms with Gasteiger partial charge in [-0.2, -0.15) is 0 Å². The van der Waals surface area contributed by atoms with Crippen LogP contribution in [0.5, 0.6) is 0 Å². The molecule has 7 rings (SSSR count). The monoisotopic (exact) mass is 449 g/mol. The number of aromatic nitrogens is 4. The maximum Gasteiger partial charge on any atom is 0.133 e. The minimum Gasteiger partial charge on any atom is -0.356 e. The van der Waals surface area contributed by atoms with E-state index in [0.29, 0.717) is 0 Å². The minimum absolute atomic E-state index is 0.0468. The first-order chi connectivity index (χ1) is 16.3. The van der Waals surface area contributed by atoms with Crippen LogP contribution in [0.15, 0.2) is 72.8 Å². The minimum atomic E-state index is 0.0468. The Balaban J connectivity index is 1.40. The predicted molar refractivity (Wildman–Crippen MR) is 135 cm³/mol. The maximum absolute atomic E-state index is 5.12. The molecule has 0 amide bonds. The first-order valence-electron chi connectivity index (χ1n) is 11.4. The molecule has 33 heavy (non-hydrogen) atoms. The molecule has 3 aromatic heterocycles. The fourth-order valence-corrected chi connectivity index (χ4v) is 6.32. The molecule has 0 radical (unpaired) electrons. The van der Waals surface area contributed by atoms with Gasteiger partial charge >= 0.3 is 0 Å². The standard InChI is InChI=1S/C27H23N5S/c1-31-22-12-6-4-10-20(22)30-27(31)26-25-18(17-8-2-3-9-19(17)29-25)14-15-32(26)16-24-28-21-11-5-7-13-23(21)33-24/h2-13,26,29H,14-16H2,1H3. The van der Waals surface area contributed by atoms with Crippen molar-refractivity contribution in [2.75, 3.05) is 6.54 Å². The van der Waals surface area contributed by atoms with Crippen LogP contribution in [0.2, 0.25) is 0 Å². The number of aryl methyl sites for hydroxylation is 1. The molecule has 1 atom stereocenters. The smallest absolute Gasteiger partial charge is 0.133 e. The second-order valence-electron chi connectivity index (χ2n) is 8.78. The van der Waals surface area contributed by atoms with Gasteiger partial charge in [0.1, 0.15) is 16.9 Å². The molecule has 1 N–H and O–H groups in total. The predicted octanol–water partition coefficient (Wildman–Crippen LogP) is 5.81. The highest BCUT2D eigenvalue weighted by Gasteiger charge is 2.35. The van der Waals surface area contributed by atoms with E-state index in [2.05, 4.69) is 94.3 Å². The van der Waals surface area contributed by atoms with Crippen molar-refractivity contribution in [3.63, 3.8) is 0 Å². The van der Waals surface area contributed by atoms with Crippen molar-refractivity contribution in [3.8, 4) is 0 Å². The lowest BCUT2D eigenvalue weighted by atomic mass is 9.96. The van der Waals surface area contributed by atoms with E-state index in [0.717, 1.165) is 46.9 Å². The summed E-state index contributed by atoms with van der Waals surface area (Å²) in [6.07, 6.45) is 1.02. The van der Waals surface area contributed by atoms with Crippen LogP contribution in [-0.2, 0) is 20.0 Å². The van der Waals surface area contributed by atoms with E-state index in [-0.39, 0.29) is 6.04 Å². The van der Waals surface area contributed by atoms with Crippen LogP contribution in [-0.4, -0.2) is 31.0 Å². The molecular formula is C27H23N5S. The summed E-state index contributed by atoms with van der Waals surface area (Å²) in [7, 11) is 2.14. The van der Waals surface area contributed by atoms with Crippen LogP contribution in [0, 0.1) is 0 Å². The molecule has 0 fully saturated rings. The Hall–Kier alpha value is -3.48. The number of nitrogens with zero attached hydrogens (tertiary/aromatic N) is 4. The number of aromatic amines is 1. The van der Waals surface area contributed by atoms with Gasteiger partial charge in [0.2, 0.25) is 0 Å². The largest absolute Gasteiger partial charge is 0.356 e. The van der Waals surface area contributed by atoms with Gasteiger partial charge in [-0.15, -0.1) is 11.3 Å². The number of hydrogen-bond acceptors (Lipinski definition) is 4. The van der Waals surface area contributed by atoms with E-state index in [4.69, 9.17) is 9.97 Å². The van der Waals surface area contributed by atoms with Crippen LogP contribution in [0.1, 0.15) is 28.1 Å². The van der Waals surface area contributed by atoms with Gasteiger partial charge in [-0.05, 0) is 42.3 Å². The van der Waals surface area contributed by atoms with Crippen LogP contribution in [0.25, 0.3) is 32.2 Å². The fourth-order valence-electron chi connectivity index (χ4n) is 5.32.